The Balaban J connectivity index is 2.73. The summed E-state index contributed by atoms with van der Waals surface area (Å²) in [5.41, 5.74) is 0. The molecule has 4 nitrogen and oxygen atoms in total. The molecule has 0 fully saturated rings. The number of carboxylic acids is 1. The van der Waals surface area contributed by atoms with E-state index in [0.717, 1.165) is 11.3 Å². The number of aliphatic carboxylic acids is 1. The molecule has 0 aliphatic rings. The van der Waals surface area contributed by atoms with Gasteiger partial charge in [-0.2, -0.15) is 0 Å². The zero-order chi connectivity index (χ0) is 13.0. The van der Waals surface area contributed by atoms with Crippen molar-refractivity contribution >= 4 is 23.2 Å². The number of carbonyl (C=O) groups is 2. The predicted molar refractivity (Wildman–Crippen MR) is 67.4 cm³/mol. The number of aryl methyl sites for hydroxylation is 1. The number of rotatable bonds is 5. The van der Waals surface area contributed by atoms with E-state index >= 15 is 0 Å². The third-order valence-corrected chi connectivity index (χ3v) is 3.68. The van der Waals surface area contributed by atoms with Crippen LogP contribution >= 0.6 is 11.3 Å². The lowest BCUT2D eigenvalue weighted by molar-refractivity contribution is -0.140. The molecule has 1 aromatic rings. The van der Waals surface area contributed by atoms with Crippen LogP contribution in [0, 0.1) is 5.92 Å². The molecule has 5 heteroatoms. The van der Waals surface area contributed by atoms with Gasteiger partial charge in [0.2, 0.25) is 0 Å². The van der Waals surface area contributed by atoms with E-state index in [1.807, 2.05) is 13.0 Å². The van der Waals surface area contributed by atoms with E-state index in [1.54, 1.807) is 19.9 Å². The SMILES string of the molecule is CCc1ccc(C(=O)N[C@@H](C(=O)O)C(C)C)s1. The van der Waals surface area contributed by atoms with Gasteiger partial charge in [-0.15, -0.1) is 11.3 Å². The van der Waals surface area contributed by atoms with Crippen LogP contribution in [0.15, 0.2) is 12.1 Å². The highest BCUT2D eigenvalue weighted by molar-refractivity contribution is 7.14. The molecule has 94 valence electrons. The Labute approximate surface area is 105 Å². The van der Waals surface area contributed by atoms with Gasteiger partial charge in [0, 0.05) is 4.88 Å². The molecule has 2 N–H and O–H groups in total. The Morgan fingerprint density at radius 3 is 2.47 bits per heavy atom. The van der Waals surface area contributed by atoms with Crippen LogP contribution in [0.5, 0.6) is 0 Å². The average molecular weight is 255 g/mol. The van der Waals surface area contributed by atoms with Crippen molar-refractivity contribution in [1.82, 2.24) is 5.32 Å². The molecule has 1 rings (SSSR count). The van der Waals surface area contributed by atoms with Gasteiger partial charge in [-0.3, -0.25) is 4.79 Å². The van der Waals surface area contributed by atoms with Crippen molar-refractivity contribution in [2.75, 3.05) is 0 Å². The number of hydrogen-bond donors (Lipinski definition) is 2. The molecule has 0 radical (unpaired) electrons. The molecule has 0 spiro atoms. The fourth-order valence-corrected chi connectivity index (χ4v) is 2.27. The smallest absolute Gasteiger partial charge is 0.326 e. The first-order chi connectivity index (χ1) is 7.95. The van der Waals surface area contributed by atoms with Crippen molar-refractivity contribution in [3.8, 4) is 0 Å². The van der Waals surface area contributed by atoms with Crippen LogP contribution in [0.2, 0.25) is 0 Å². The van der Waals surface area contributed by atoms with E-state index in [0.29, 0.717) is 4.88 Å². The summed E-state index contributed by atoms with van der Waals surface area (Å²) in [6.07, 6.45) is 0.879. The Bertz CT molecular complexity index is 412. The summed E-state index contributed by atoms with van der Waals surface area (Å²) in [6, 6.07) is 2.79. The molecular weight excluding hydrogens is 238 g/mol. The molecule has 0 aliphatic heterocycles. The van der Waals surface area contributed by atoms with Gasteiger partial charge in [-0.05, 0) is 24.5 Å². The Morgan fingerprint density at radius 1 is 1.41 bits per heavy atom. The second kappa shape index (κ2) is 5.82. The van der Waals surface area contributed by atoms with Crippen molar-refractivity contribution in [2.45, 2.75) is 33.2 Å². The van der Waals surface area contributed by atoms with Crippen LogP contribution in [0.4, 0.5) is 0 Å². The van der Waals surface area contributed by atoms with Crippen molar-refractivity contribution in [3.63, 3.8) is 0 Å². The van der Waals surface area contributed by atoms with Crippen molar-refractivity contribution < 1.29 is 14.7 Å². The summed E-state index contributed by atoms with van der Waals surface area (Å²) in [5, 5.41) is 11.5. The van der Waals surface area contributed by atoms with Gasteiger partial charge < -0.3 is 10.4 Å². The maximum Gasteiger partial charge on any atom is 0.326 e. The molecule has 1 heterocycles. The summed E-state index contributed by atoms with van der Waals surface area (Å²) in [7, 11) is 0. The molecule has 0 saturated carbocycles. The molecule has 1 amide bonds. The van der Waals surface area contributed by atoms with Gasteiger partial charge in [-0.25, -0.2) is 4.79 Å². The number of amides is 1. The number of carboxylic acid groups (broad SMARTS) is 1. The zero-order valence-corrected chi connectivity index (χ0v) is 11.0. The van der Waals surface area contributed by atoms with Crippen LogP contribution in [0.25, 0.3) is 0 Å². The standard InChI is InChI=1S/C12H17NO3S/c1-4-8-5-6-9(17-8)11(14)13-10(7(2)3)12(15)16/h5-7,10H,4H2,1-3H3,(H,13,14)(H,15,16)/t10-/m1/s1. The van der Waals surface area contributed by atoms with E-state index in [2.05, 4.69) is 5.32 Å². The van der Waals surface area contributed by atoms with E-state index in [4.69, 9.17) is 5.11 Å². The summed E-state index contributed by atoms with van der Waals surface area (Å²) >= 11 is 1.40. The zero-order valence-electron chi connectivity index (χ0n) is 10.2. The number of carbonyl (C=O) groups excluding carboxylic acids is 1. The maximum absolute atomic E-state index is 11.8. The van der Waals surface area contributed by atoms with E-state index < -0.39 is 12.0 Å². The lowest BCUT2D eigenvalue weighted by Gasteiger charge is -2.17. The van der Waals surface area contributed by atoms with Gasteiger partial charge in [0.05, 0.1) is 4.88 Å². The second-order valence-electron chi connectivity index (χ2n) is 4.15. The monoisotopic (exact) mass is 255 g/mol. The minimum atomic E-state index is -0.999. The number of thiophene rings is 1. The van der Waals surface area contributed by atoms with Gasteiger partial charge in [0.1, 0.15) is 6.04 Å². The highest BCUT2D eigenvalue weighted by Gasteiger charge is 2.24. The third-order valence-electron chi connectivity index (χ3n) is 2.45. The van der Waals surface area contributed by atoms with Gasteiger partial charge >= 0.3 is 5.97 Å². The molecule has 1 atom stereocenters. The lowest BCUT2D eigenvalue weighted by atomic mass is 10.0. The largest absolute Gasteiger partial charge is 0.480 e. The first-order valence-corrected chi connectivity index (χ1v) is 6.39. The fraction of sp³-hybridized carbons (Fsp3) is 0.500. The van der Waals surface area contributed by atoms with Crippen molar-refractivity contribution in [1.29, 1.82) is 0 Å². The van der Waals surface area contributed by atoms with Crippen LogP contribution in [-0.2, 0) is 11.2 Å². The topological polar surface area (TPSA) is 66.4 Å². The summed E-state index contributed by atoms with van der Waals surface area (Å²) in [4.78, 5) is 24.5. The second-order valence-corrected chi connectivity index (χ2v) is 5.32. The van der Waals surface area contributed by atoms with Crippen LogP contribution < -0.4 is 5.32 Å². The fourth-order valence-electron chi connectivity index (χ4n) is 1.42. The number of hydrogen-bond acceptors (Lipinski definition) is 3. The molecule has 0 saturated heterocycles. The quantitative estimate of drug-likeness (QED) is 0.847. The Hall–Kier alpha value is -1.36. The van der Waals surface area contributed by atoms with Gasteiger partial charge in [0.15, 0.2) is 0 Å². The molecule has 0 bridgehead atoms. The first kappa shape index (κ1) is 13.7. The minimum absolute atomic E-state index is 0.137. The summed E-state index contributed by atoms with van der Waals surface area (Å²) < 4.78 is 0. The molecule has 1 aromatic heterocycles. The van der Waals surface area contributed by atoms with Crippen LogP contribution in [-0.4, -0.2) is 23.0 Å². The number of nitrogens with one attached hydrogen (secondary N) is 1. The molecule has 0 unspecified atom stereocenters. The molecule has 0 aromatic carbocycles. The van der Waals surface area contributed by atoms with E-state index in [1.165, 1.54) is 11.3 Å². The average Bonchev–Trinajstić information content (AvgIpc) is 2.73. The molecule has 0 aliphatic carbocycles. The third kappa shape index (κ3) is 3.56. The normalized spacial score (nSPS) is 12.5. The van der Waals surface area contributed by atoms with Crippen molar-refractivity contribution in [2.24, 2.45) is 5.92 Å². The lowest BCUT2D eigenvalue weighted by Crippen LogP contribution is -2.44. The Kier molecular flexibility index (Phi) is 4.69. The highest BCUT2D eigenvalue weighted by Crippen LogP contribution is 2.17. The summed E-state index contributed by atoms with van der Waals surface area (Å²) in [6.45, 7) is 5.55. The van der Waals surface area contributed by atoms with Gasteiger partial charge in [0.25, 0.3) is 5.91 Å². The van der Waals surface area contributed by atoms with E-state index in [9.17, 15) is 9.59 Å². The maximum atomic E-state index is 11.8. The van der Waals surface area contributed by atoms with E-state index in [-0.39, 0.29) is 11.8 Å². The predicted octanol–water partition coefficient (Wildman–Crippen LogP) is 2.15. The summed E-state index contributed by atoms with van der Waals surface area (Å²) in [5.74, 6) is -1.45. The molecule has 17 heavy (non-hydrogen) atoms. The first-order valence-electron chi connectivity index (χ1n) is 5.58. The Morgan fingerprint density at radius 2 is 2.06 bits per heavy atom. The van der Waals surface area contributed by atoms with Crippen molar-refractivity contribution in [3.05, 3.63) is 21.9 Å². The van der Waals surface area contributed by atoms with Crippen LogP contribution in [0.1, 0.15) is 35.3 Å². The van der Waals surface area contributed by atoms with Gasteiger partial charge in [-0.1, -0.05) is 20.8 Å². The van der Waals surface area contributed by atoms with Crippen LogP contribution in [0.3, 0.4) is 0 Å². The highest BCUT2D eigenvalue weighted by atomic mass is 32.1. The molecular formula is C12H17NO3S. The minimum Gasteiger partial charge on any atom is -0.480 e.